The van der Waals surface area contributed by atoms with Crippen molar-refractivity contribution in [3.05, 3.63) is 11.5 Å². The number of rotatable bonds is 3. The van der Waals surface area contributed by atoms with Gasteiger partial charge in [0.15, 0.2) is 5.82 Å². The maximum atomic E-state index is 15.2. The number of hydrogen-bond donors (Lipinski definition) is 0. The zero-order chi connectivity index (χ0) is 23.9. The van der Waals surface area contributed by atoms with Gasteiger partial charge in [-0.1, -0.05) is 26.7 Å². The molecule has 6 heterocycles. The predicted molar refractivity (Wildman–Crippen MR) is 127 cm³/mol. The van der Waals surface area contributed by atoms with Crippen molar-refractivity contribution in [2.75, 3.05) is 37.7 Å². The van der Waals surface area contributed by atoms with Gasteiger partial charge in [-0.15, -0.1) is 0 Å². The largest absolute Gasteiger partial charge is 0.475 e. The molecule has 0 saturated carbocycles. The molecule has 2 aromatic rings. The quantitative estimate of drug-likeness (QED) is 0.643. The van der Waals surface area contributed by atoms with E-state index in [2.05, 4.69) is 19.8 Å². The molecule has 1 unspecified atom stereocenters. The highest BCUT2D eigenvalue weighted by molar-refractivity contribution is 5.95. The predicted octanol–water partition coefficient (Wildman–Crippen LogP) is 4.60. The van der Waals surface area contributed by atoms with Crippen LogP contribution in [-0.2, 0) is 0 Å². The van der Waals surface area contributed by atoms with Gasteiger partial charge in [0.25, 0.3) is 0 Å². The van der Waals surface area contributed by atoms with Crippen LogP contribution in [0.15, 0.2) is 0 Å². The first-order valence-electron chi connectivity index (χ1n) is 12.8. The lowest BCUT2D eigenvalue weighted by atomic mass is 9.95. The molecule has 0 aliphatic carbocycles. The van der Waals surface area contributed by atoms with Gasteiger partial charge in [-0.3, -0.25) is 4.90 Å². The Kier molecular flexibility index (Phi) is 6.48. The van der Waals surface area contributed by atoms with E-state index < -0.39 is 12.0 Å². The molecule has 7 nitrogen and oxygen atoms in total. The second-order valence-electron chi connectivity index (χ2n) is 9.74. The Morgan fingerprint density at radius 3 is 2.82 bits per heavy atom. The maximum absolute atomic E-state index is 15.2. The fourth-order valence-corrected chi connectivity index (χ4v) is 6.04. The van der Waals surface area contributed by atoms with Gasteiger partial charge in [0, 0.05) is 19.5 Å². The number of alkyl halides is 1. The molecule has 3 saturated heterocycles. The Labute approximate surface area is 199 Å². The van der Waals surface area contributed by atoms with Crippen LogP contribution in [0.1, 0.15) is 64.5 Å². The Balaban J connectivity index is 0.00000117. The molecule has 0 bridgehead atoms. The standard InChI is InChI=1S/C23H29F2N5O2.C2H6/c1-14-18(25)19-17-20(30-9-4-2-3-6-16(30)12-31-21(17)26-14)28-22(27-19)32-13-23-7-5-8-29(23)11-15(24)10-23;1-2/h15-16H,2-13H2,1H3;1-2H3/t15-,16+,23?;/m1./s1. The lowest BCUT2D eigenvalue weighted by Gasteiger charge is -2.31. The van der Waals surface area contributed by atoms with Crippen LogP contribution in [-0.4, -0.2) is 70.5 Å². The number of halogens is 2. The van der Waals surface area contributed by atoms with E-state index in [9.17, 15) is 4.39 Å². The van der Waals surface area contributed by atoms with Crippen molar-refractivity contribution in [2.24, 2.45) is 0 Å². The van der Waals surface area contributed by atoms with Gasteiger partial charge in [-0.25, -0.2) is 13.8 Å². The molecule has 0 aromatic carbocycles. The summed E-state index contributed by atoms with van der Waals surface area (Å²) in [5.41, 5.74) is 0.127. The molecule has 0 amide bonds. The first kappa shape index (κ1) is 23.5. The molecule has 3 fully saturated rings. The molecule has 34 heavy (non-hydrogen) atoms. The van der Waals surface area contributed by atoms with E-state index in [1.165, 1.54) is 0 Å². The second-order valence-corrected chi connectivity index (χ2v) is 9.74. The molecule has 186 valence electrons. The number of anilines is 1. The summed E-state index contributed by atoms with van der Waals surface area (Å²) in [5.74, 6) is 0.566. The number of pyridine rings is 1. The lowest BCUT2D eigenvalue weighted by Crippen LogP contribution is -2.43. The minimum Gasteiger partial charge on any atom is -0.475 e. The number of fused-ring (bicyclic) bond motifs is 3. The SMILES string of the molecule is CC.Cc1nc2c3c(nc(OCC45CCCN4C[C@H](F)C5)nc3c1F)N1CCCCC[C@H]1CO2. The van der Waals surface area contributed by atoms with Gasteiger partial charge >= 0.3 is 6.01 Å². The average molecular weight is 476 g/mol. The smallest absolute Gasteiger partial charge is 0.319 e. The minimum absolute atomic E-state index is 0.149. The monoisotopic (exact) mass is 475 g/mol. The number of aryl methyl sites for hydroxylation is 1. The number of ether oxygens (including phenoxy) is 2. The topological polar surface area (TPSA) is 63.6 Å². The average Bonchev–Trinajstić information content (AvgIpc) is 3.19. The van der Waals surface area contributed by atoms with E-state index in [1.54, 1.807) is 6.92 Å². The minimum atomic E-state index is -0.829. The number of aromatic nitrogens is 3. The molecule has 4 aliphatic heterocycles. The third kappa shape index (κ3) is 3.95. The summed E-state index contributed by atoms with van der Waals surface area (Å²) < 4.78 is 41.5. The molecule has 3 atom stereocenters. The molecular formula is C25H35F2N5O2. The molecule has 0 radical (unpaired) electrons. The van der Waals surface area contributed by atoms with Crippen molar-refractivity contribution in [3.8, 4) is 11.9 Å². The van der Waals surface area contributed by atoms with E-state index >= 15 is 4.39 Å². The van der Waals surface area contributed by atoms with Crippen molar-refractivity contribution >= 4 is 16.7 Å². The van der Waals surface area contributed by atoms with Gasteiger partial charge < -0.3 is 14.4 Å². The van der Waals surface area contributed by atoms with Crippen molar-refractivity contribution < 1.29 is 18.3 Å². The van der Waals surface area contributed by atoms with Crippen LogP contribution in [0.3, 0.4) is 0 Å². The Bertz CT molecular complexity index is 1050. The molecule has 9 heteroatoms. The highest BCUT2D eigenvalue weighted by Gasteiger charge is 2.49. The first-order valence-corrected chi connectivity index (χ1v) is 12.8. The van der Waals surface area contributed by atoms with Crippen LogP contribution in [0.2, 0.25) is 0 Å². The first-order chi connectivity index (χ1) is 16.5. The summed E-state index contributed by atoms with van der Waals surface area (Å²) in [4.78, 5) is 18.0. The number of nitrogens with zero attached hydrogens (tertiary/aromatic N) is 5. The summed E-state index contributed by atoms with van der Waals surface area (Å²) >= 11 is 0. The summed E-state index contributed by atoms with van der Waals surface area (Å²) in [5, 5.41) is 0.523. The van der Waals surface area contributed by atoms with Crippen LogP contribution < -0.4 is 14.4 Å². The Hall–Kier alpha value is -2.29. The fourth-order valence-electron chi connectivity index (χ4n) is 6.04. The summed E-state index contributed by atoms with van der Waals surface area (Å²) in [6.45, 7) is 8.61. The van der Waals surface area contributed by atoms with Gasteiger partial charge in [0.05, 0.1) is 17.3 Å². The van der Waals surface area contributed by atoms with Crippen LogP contribution in [0.5, 0.6) is 11.9 Å². The van der Waals surface area contributed by atoms with E-state index in [4.69, 9.17) is 14.5 Å². The number of hydrogen-bond acceptors (Lipinski definition) is 7. The molecule has 0 N–H and O–H groups in total. The third-order valence-corrected chi connectivity index (χ3v) is 7.67. The lowest BCUT2D eigenvalue weighted by molar-refractivity contribution is 0.107. The van der Waals surface area contributed by atoms with Crippen LogP contribution in [0, 0.1) is 12.7 Å². The molecule has 4 aliphatic rings. The second kappa shape index (κ2) is 9.40. The molecule has 2 aromatic heterocycles. The van der Waals surface area contributed by atoms with Crippen molar-refractivity contribution in [2.45, 2.75) is 83.5 Å². The normalized spacial score (nSPS) is 28.3. The van der Waals surface area contributed by atoms with E-state index in [0.717, 1.165) is 51.6 Å². The Morgan fingerprint density at radius 1 is 1.12 bits per heavy atom. The Morgan fingerprint density at radius 2 is 1.97 bits per heavy atom. The summed E-state index contributed by atoms with van der Waals surface area (Å²) in [6, 6.07) is 0.309. The van der Waals surface area contributed by atoms with Gasteiger partial charge in [-0.2, -0.15) is 9.97 Å². The fraction of sp³-hybridized carbons (Fsp3) is 0.720. The zero-order valence-electron chi connectivity index (χ0n) is 20.4. The van der Waals surface area contributed by atoms with Crippen LogP contribution in [0.25, 0.3) is 10.9 Å². The van der Waals surface area contributed by atoms with Gasteiger partial charge in [0.1, 0.15) is 36.1 Å². The molecule has 0 spiro atoms. The van der Waals surface area contributed by atoms with Crippen molar-refractivity contribution in [1.82, 2.24) is 19.9 Å². The highest BCUT2D eigenvalue weighted by atomic mass is 19.1. The maximum Gasteiger partial charge on any atom is 0.319 e. The molecular weight excluding hydrogens is 440 g/mol. The van der Waals surface area contributed by atoms with E-state index in [0.29, 0.717) is 43.3 Å². The summed E-state index contributed by atoms with van der Waals surface area (Å²) in [6.07, 6.45) is 5.90. The van der Waals surface area contributed by atoms with Crippen LogP contribution >= 0.6 is 0 Å². The van der Waals surface area contributed by atoms with E-state index in [-0.39, 0.29) is 28.8 Å². The van der Waals surface area contributed by atoms with Crippen LogP contribution in [0.4, 0.5) is 14.6 Å². The third-order valence-electron chi connectivity index (χ3n) is 7.67. The van der Waals surface area contributed by atoms with E-state index in [1.807, 2.05) is 13.8 Å². The van der Waals surface area contributed by atoms with Gasteiger partial charge in [0.2, 0.25) is 5.88 Å². The van der Waals surface area contributed by atoms with Crippen molar-refractivity contribution in [1.29, 1.82) is 0 Å². The molecule has 6 rings (SSSR count). The van der Waals surface area contributed by atoms with Crippen molar-refractivity contribution in [3.63, 3.8) is 0 Å². The van der Waals surface area contributed by atoms with Gasteiger partial charge in [-0.05, 0) is 39.2 Å². The zero-order valence-corrected chi connectivity index (χ0v) is 20.4. The summed E-state index contributed by atoms with van der Waals surface area (Å²) in [7, 11) is 0. The highest BCUT2D eigenvalue weighted by Crippen LogP contribution is 2.42.